The quantitative estimate of drug-likeness (QED) is 0.494. The normalized spacial score (nSPS) is 12.5. The Labute approximate surface area is 162 Å². The van der Waals surface area contributed by atoms with Crippen molar-refractivity contribution < 1.29 is 4.79 Å². The van der Waals surface area contributed by atoms with Gasteiger partial charge in [-0.25, -0.2) is 9.97 Å². The van der Waals surface area contributed by atoms with E-state index in [2.05, 4.69) is 25.1 Å². The maximum absolute atomic E-state index is 12.4. The second kappa shape index (κ2) is 6.95. The summed E-state index contributed by atoms with van der Waals surface area (Å²) in [5, 5.41) is 7.96. The van der Waals surface area contributed by atoms with E-state index in [1.165, 1.54) is 0 Å². The Balaban J connectivity index is 1.73. The fourth-order valence-electron chi connectivity index (χ4n) is 3.33. The number of hydrogen-bond donors (Lipinski definition) is 3. The number of nitrogen functional groups attached to an aromatic ring is 1. The summed E-state index contributed by atoms with van der Waals surface area (Å²) in [7, 11) is 1.79. The van der Waals surface area contributed by atoms with Crippen LogP contribution >= 0.6 is 0 Å². The predicted octanol–water partition coefficient (Wildman–Crippen LogP) is 3.09. The number of nitrogens with zero attached hydrogens (tertiary/aromatic N) is 4. The molecule has 1 unspecified atom stereocenters. The van der Waals surface area contributed by atoms with Gasteiger partial charge in [-0.2, -0.15) is 5.10 Å². The number of hydrogen-bond acceptors (Lipinski definition) is 5. The zero-order chi connectivity index (χ0) is 19.8. The SMILES string of the molecule is CCC(C)C(=O)N(C)Cc1nc2c(N)nc3cc(-c4cc[nH]n4)ccc3c2[nH]1. The van der Waals surface area contributed by atoms with Crippen molar-refractivity contribution in [1.82, 2.24) is 30.0 Å². The third kappa shape index (κ3) is 3.06. The zero-order valence-corrected chi connectivity index (χ0v) is 16.2. The summed E-state index contributed by atoms with van der Waals surface area (Å²) in [6.45, 7) is 4.33. The molecule has 144 valence electrons. The van der Waals surface area contributed by atoms with Gasteiger partial charge in [-0.05, 0) is 24.6 Å². The van der Waals surface area contributed by atoms with Gasteiger partial charge in [-0.3, -0.25) is 9.89 Å². The Kier molecular flexibility index (Phi) is 4.46. The highest BCUT2D eigenvalue weighted by Gasteiger charge is 2.18. The Hall–Kier alpha value is -3.42. The summed E-state index contributed by atoms with van der Waals surface area (Å²) in [6, 6.07) is 7.85. The minimum absolute atomic E-state index is 0.0117. The number of benzene rings is 1. The van der Waals surface area contributed by atoms with Crippen LogP contribution in [0.25, 0.3) is 33.2 Å². The third-order valence-electron chi connectivity index (χ3n) is 5.10. The van der Waals surface area contributed by atoms with Crippen LogP contribution in [0.15, 0.2) is 30.5 Å². The van der Waals surface area contributed by atoms with Crippen LogP contribution in [0.1, 0.15) is 26.1 Å². The molecule has 8 heteroatoms. The van der Waals surface area contributed by atoms with E-state index in [9.17, 15) is 4.79 Å². The summed E-state index contributed by atoms with van der Waals surface area (Å²) < 4.78 is 0. The lowest BCUT2D eigenvalue weighted by Gasteiger charge is -2.19. The molecular weight excluding hydrogens is 354 g/mol. The van der Waals surface area contributed by atoms with Crippen LogP contribution in [0, 0.1) is 5.92 Å². The predicted molar refractivity (Wildman–Crippen MR) is 109 cm³/mol. The van der Waals surface area contributed by atoms with Gasteiger partial charge >= 0.3 is 0 Å². The van der Waals surface area contributed by atoms with E-state index in [0.717, 1.165) is 34.1 Å². The zero-order valence-electron chi connectivity index (χ0n) is 16.2. The highest BCUT2D eigenvalue weighted by Crippen LogP contribution is 2.29. The first-order valence-corrected chi connectivity index (χ1v) is 9.31. The van der Waals surface area contributed by atoms with Crippen LogP contribution in [0.5, 0.6) is 0 Å². The lowest BCUT2D eigenvalue weighted by Crippen LogP contribution is -2.31. The van der Waals surface area contributed by atoms with E-state index in [1.54, 1.807) is 18.1 Å². The van der Waals surface area contributed by atoms with Crippen molar-refractivity contribution in [2.45, 2.75) is 26.8 Å². The van der Waals surface area contributed by atoms with E-state index in [0.29, 0.717) is 23.7 Å². The number of aromatic nitrogens is 5. The minimum atomic E-state index is -0.0117. The van der Waals surface area contributed by atoms with Gasteiger partial charge < -0.3 is 15.6 Å². The van der Waals surface area contributed by atoms with Gasteiger partial charge in [0, 0.05) is 30.1 Å². The fraction of sp³-hybridized carbons (Fsp3) is 0.300. The molecule has 0 saturated heterocycles. The van der Waals surface area contributed by atoms with E-state index in [-0.39, 0.29) is 11.8 Å². The van der Waals surface area contributed by atoms with Crippen LogP contribution in [0.3, 0.4) is 0 Å². The molecule has 0 saturated carbocycles. The summed E-state index contributed by atoms with van der Waals surface area (Å²) in [6.07, 6.45) is 2.59. The molecule has 4 aromatic rings. The first-order chi connectivity index (χ1) is 13.5. The molecule has 8 nitrogen and oxygen atoms in total. The van der Waals surface area contributed by atoms with Crippen molar-refractivity contribution in [2.75, 3.05) is 12.8 Å². The Morgan fingerprint density at radius 2 is 2.11 bits per heavy atom. The minimum Gasteiger partial charge on any atom is -0.382 e. The van der Waals surface area contributed by atoms with Gasteiger partial charge in [0.1, 0.15) is 11.3 Å². The van der Waals surface area contributed by atoms with Crippen LogP contribution < -0.4 is 5.73 Å². The molecule has 3 aromatic heterocycles. The van der Waals surface area contributed by atoms with E-state index >= 15 is 0 Å². The highest BCUT2D eigenvalue weighted by atomic mass is 16.2. The number of H-pyrrole nitrogens is 2. The number of carbonyl (C=O) groups excluding carboxylic acids is 1. The summed E-state index contributed by atoms with van der Waals surface area (Å²) in [5.74, 6) is 1.14. The molecule has 0 bridgehead atoms. The average Bonchev–Trinajstić information content (AvgIpc) is 3.36. The molecule has 0 radical (unpaired) electrons. The number of fused-ring (bicyclic) bond motifs is 3. The van der Waals surface area contributed by atoms with Crippen molar-refractivity contribution in [3.63, 3.8) is 0 Å². The number of amides is 1. The Morgan fingerprint density at radius 1 is 1.29 bits per heavy atom. The van der Waals surface area contributed by atoms with E-state index in [1.807, 2.05) is 38.1 Å². The largest absolute Gasteiger partial charge is 0.382 e. The monoisotopic (exact) mass is 377 g/mol. The van der Waals surface area contributed by atoms with Gasteiger partial charge in [0.15, 0.2) is 5.82 Å². The number of anilines is 1. The molecule has 4 rings (SSSR count). The third-order valence-corrected chi connectivity index (χ3v) is 5.10. The average molecular weight is 377 g/mol. The number of pyridine rings is 1. The van der Waals surface area contributed by atoms with Crippen LogP contribution in [-0.4, -0.2) is 43.0 Å². The number of rotatable bonds is 5. The first kappa shape index (κ1) is 18.0. The fourth-order valence-corrected chi connectivity index (χ4v) is 3.33. The highest BCUT2D eigenvalue weighted by molar-refractivity contribution is 6.07. The molecule has 0 aliphatic rings. The number of aromatic amines is 2. The van der Waals surface area contributed by atoms with E-state index in [4.69, 9.17) is 5.73 Å². The molecule has 1 atom stereocenters. The van der Waals surface area contributed by atoms with E-state index < -0.39 is 0 Å². The van der Waals surface area contributed by atoms with Crippen molar-refractivity contribution in [1.29, 1.82) is 0 Å². The smallest absolute Gasteiger partial charge is 0.225 e. The lowest BCUT2D eigenvalue weighted by atomic mass is 10.1. The van der Waals surface area contributed by atoms with Crippen LogP contribution in [0.2, 0.25) is 0 Å². The van der Waals surface area contributed by atoms with Crippen molar-refractivity contribution in [2.24, 2.45) is 5.92 Å². The standard InChI is InChI=1S/C20H23N7O/c1-4-11(2)20(28)27(3)10-16-24-17-13-6-5-12(14-7-8-22-26-14)9-15(13)23-19(21)18(17)25-16/h5-9,11H,4,10H2,1-3H3,(H2,21,23)(H,22,26)(H,24,25). The van der Waals surface area contributed by atoms with Gasteiger partial charge in [-0.1, -0.05) is 19.9 Å². The molecule has 4 N–H and O–H groups in total. The Bertz CT molecular complexity index is 1150. The molecule has 1 aromatic carbocycles. The van der Waals surface area contributed by atoms with Gasteiger partial charge in [0.05, 0.1) is 23.3 Å². The molecular formula is C20H23N7O. The first-order valence-electron chi connectivity index (χ1n) is 9.31. The Morgan fingerprint density at radius 3 is 2.82 bits per heavy atom. The van der Waals surface area contributed by atoms with Gasteiger partial charge in [0.2, 0.25) is 5.91 Å². The maximum atomic E-state index is 12.4. The molecule has 28 heavy (non-hydrogen) atoms. The summed E-state index contributed by atoms with van der Waals surface area (Å²) >= 11 is 0. The van der Waals surface area contributed by atoms with Crippen molar-refractivity contribution in [3.05, 3.63) is 36.3 Å². The van der Waals surface area contributed by atoms with Crippen molar-refractivity contribution in [3.8, 4) is 11.3 Å². The number of carbonyl (C=O) groups is 1. The maximum Gasteiger partial charge on any atom is 0.225 e. The molecule has 0 aliphatic carbocycles. The number of imidazole rings is 1. The van der Waals surface area contributed by atoms with Gasteiger partial charge in [0.25, 0.3) is 0 Å². The van der Waals surface area contributed by atoms with Crippen molar-refractivity contribution >= 4 is 33.7 Å². The molecule has 0 aliphatic heterocycles. The number of nitrogens with one attached hydrogen (secondary N) is 2. The molecule has 0 spiro atoms. The second-order valence-corrected chi connectivity index (χ2v) is 7.10. The topological polar surface area (TPSA) is 117 Å². The summed E-state index contributed by atoms with van der Waals surface area (Å²) in [4.78, 5) is 26.5. The number of nitrogens with two attached hydrogens (primary N) is 1. The second-order valence-electron chi connectivity index (χ2n) is 7.10. The molecule has 0 fully saturated rings. The molecule has 3 heterocycles. The lowest BCUT2D eigenvalue weighted by molar-refractivity contribution is -0.134. The van der Waals surface area contributed by atoms with Crippen LogP contribution in [0.4, 0.5) is 5.82 Å². The van der Waals surface area contributed by atoms with Crippen LogP contribution in [-0.2, 0) is 11.3 Å². The molecule has 1 amide bonds. The summed E-state index contributed by atoms with van der Waals surface area (Å²) in [5.41, 5.74) is 10.2. The van der Waals surface area contributed by atoms with Gasteiger partial charge in [-0.15, -0.1) is 0 Å².